The van der Waals surface area contributed by atoms with Gasteiger partial charge in [0.15, 0.2) is 0 Å². The minimum absolute atomic E-state index is 0.194. The van der Waals surface area contributed by atoms with Crippen molar-refractivity contribution < 1.29 is 17.3 Å². The molecule has 277 valence electrons. The van der Waals surface area contributed by atoms with Crippen LogP contribution < -0.4 is 31.8 Å². The van der Waals surface area contributed by atoms with Gasteiger partial charge in [0.1, 0.15) is 0 Å². The van der Waals surface area contributed by atoms with Crippen molar-refractivity contribution in [3.8, 4) is 0 Å². The summed E-state index contributed by atoms with van der Waals surface area (Å²) in [7, 11) is 3.48. The van der Waals surface area contributed by atoms with Crippen LogP contribution in [0.1, 0.15) is 0 Å². The standard InChI is InChI=1S/2C18H15P.C9H9BN6.ClH.Ru/c2*1-4-10-16(11-5-1)19(17-12-6-2-7-13-17)18-14-8-3-9-15-18;1-4-11-14(7-1)10(15-8-2-5-12-15)16-9-3-6-13-16;;/h2*1-15H;1-9H;1H;/q;;-1;;+2/p-1. The molecule has 0 unspecified atom stereocenters. The van der Waals surface area contributed by atoms with Crippen molar-refractivity contribution in [3.05, 3.63) is 237 Å². The quantitative estimate of drug-likeness (QED) is 0.110. The van der Waals surface area contributed by atoms with Gasteiger partial charge in [0.2, 0.25) is 0 Å². The predicted octanol–water partition coefficient (Wildman–Crippen LogP) is 7.78. The molecular formula is C45H39BClN6P2Ru. The molecule has 0 atom stereocenters. The number of aromatic nitrogens is 6. The summed E-state index contributed by atoms with van der Waals surface area (Å²) in [6.45, 7) is 0. The fourth-order valence-electron chi connectivity index (χ4n) is 5.97. The van der Waals surface area contributed by atoms with Crippen LogP contribution in [0.25, 0.3) is 0 Å². The molecule has 0 fully saturated rings. The van der Waals surface area contributed by atoms with Crippen LogP contribution in [0.5, 0.6) is 0 Å². The van der Waals surface area contributed by atoms with Gasteiger partial charge in [-0.1, -0.05) is 182 Å². The SMILES string of the molecule is [Cl][Ru+].c1ccc(P(c2ccccc2)c2ccccc2)cc1.c1ccc(P(c2ccccc2)c2ccccc2)cc1.c1cnn([B-](n2cccn2)n2cccn2)c1. The molecule has 9 rings (SSSR count). The van der Waals surface area contributed by atoms with Crippen molar-refractivity contribution in [2.24, 2.45) is 0 Å². The zero-order chi connectivity index (χ0) is 38.6. The van der Waals surface area contributed by atoms with Gasteiger partial charge in [0.25, 0.3) is 7.12 Å². The molecule has 0 bridgehead atoms. The number of rotatable bonds is 9. The average molecular weight is 873 g/mol. The van der Waals surface area contributed by atoms with Crippen LogP contribution >= 0.6 is 25.5 Å². The van der Waals surface area contributed by atoms with E-state index in [1.165, 1.54) is 31.8 Å². The first kappa shape index (κ1) is 40.5. The van der Waals surface area contributed by atoms with Crippen LogP contribution in [0.15, 0.2) is 237 Å². The van der Waals surface area contributed by atoms with E-state index in [4.69, 9.17) is 0 Å². The van der Waals surface area contributed by atoms with Crippen LogP contribution in [-0.4, -0.2) is 36.2 Å². The van der Waals surface area contributed by atoms with Crippen LogP contribution in [0, 0.1) is 0 Å². The van der Waals surface area contributed by atoms with Gasteiger partial charge < -0.3 is 13.8 Å². The molecule has 0 spiro atoms. The third kappa shape index (κ3) is 11.2. The van der Waals surface area contributed by atoms with Crippen molar-refractivity contribution in [2.45, 2.75) is 0 Å². The number of hydrogen-bond acceptors (Lipinski definition) is 3. The van der Waals surface area contributed by atoms with Crippen LogP contribution in [0.2, 0.25) is 0 Å². The summed E-state index contributed by atoms with van der Waals surface area (Å²) in [6, 6.07) is 70.3. The number of benzene rings is 6. The Kier molecular flexibility index (Phi) is 16.2. The smallest absolute Gasteiger partial charge is 0.260 e. The second-order valence-electron chi connectivity index (χ2n) is 12.0. The van der Waals surface area contributed by atoms with Crippen LogP contribution in [-0.2, 0) is 17.3 Å². The zero-order valence-electron chi connectivity index (χ0n) is 30.4. The fraction of sp³-hybridized carbons (Fsp3) is 0. The molecule has 3 aromatic heterocycles. The maximum absolute atomic E-state index is 4.57. The number of nitrogens with zero attached hydrogens (tertiary/aromatic N) is 6. The van der Waals surface area contributed by atoms with Gasteiger partial charge in [-0.25, -0.2) is 15.3 Å². The number of halogens is 1. The van der Waals surface area contributed by atoms with E-state index in [1.54, 1.807) is 32.4 Å². The molecule has 0 N–H and O–H groups in total. The Labute approximate surface area is 346 Å². The van der Waals surface area contributed by atoms with E-state index in [9.17, 15) is 0 Å². The maximum Gasteiger partial charge on any atom is 0.260 e. The van der Waals surface area contributed by atoms with E-state index >= 15 is 0 Å². The Bertz CT molecular complexity index is 1940. The Morgan fingerprint density at radius 2 is 0.518 bits per heavy atom. The Morgan fingerprint density at radius 1 is 0.321 bits per heavy atom. The molecule has 9 aromatic rings. The van der Waals surface area contributed by atoms with Crippen LogP contribution in [0.3, 0.4) is 0 Å². The second kappa shape index (κ2) is 22.4. The Hall–Kier alpha value is -5.21. The predicted molar refractivity (Wildman–Crippen MR) is 235 cm³/mol. The number of hydrogen-bond donors (Lipinski definition) is 0. The van der Waals surface area contributed by atoms with Gasteiger partial charge >= 0.3 is 27.0 Å². The summed E-state index contributed by atoms with van der Waals surface area (Å²) in [5.41, 5.74) is 0. The first-order valence-electron chi connectivity index (χ1n) is 17.9. The molecule has 0 saturated heterocycles. The van der Waals surface area contributed by atoms with Crippen molar-refractivity contribution in [2.75, 3.05) is 0 Å². The second-order valence-corrected chi connectivity index (χ2v) is 16.4. The summed E-state index contributed by atoms with van der Waals surface area (Å²) < 4.78 is 5.38. The summed E-state index contributed by atoms with van der Waals surface area (Å²) in [6.07, 6.45) is 10.9. The molecular weight excluding hydrogens is 834 g/mol. The molecule has 11 heteroatoms. The van der Waals surface area contributed by atoms with Crippen molar-refractivity contribution in [1.29, 1.82) is 0 Å². The molecule has 0 aliphatic carbocycles. The fourth-order valence-corrected chi connectivity index (χ4v) is 10.6. The Balaban J connectivity index is 0.000000140. The summed E-state index contributed by atoms with van der Waals surface area (Å²) >= 11 is 1.82. The van der Waals surface area contributed by atoms with E-state index < -0.39 is 15.8 Å². The first-order valence-corrected chi connectivity index (χ1v) is 22.8. The topological polar surface area (TPSA) is 53.5 Å². The minimum atomic E-state index is -0.446. The summed E-state index contributed by atoms with van der Waals surface area (Å²) in [5.74, 6) is 0. The summed E-state index contributed by atoms with van der Waals surface area (Å²) in [4.78, 5) is 0. The van der Waals surface area contributed by atoms with Gasteiger partial charge in [0.05, 0.1) is 0 Å². The van der Waals surface area contributed by atoms with E-state index in [0.29, 0.717) is 0 Å². The molecule has 56 heavy (non-hydrogen) atoms. The third-order valence-electron chi connectivity index (χ3n) is 8.37. The zero-order valence-corrected chi connectivity index (χ0v) is 34.7. The minimum Gasteiger partial charge on any atom is -0.425 e. The van der Waals surface area contributed by atoms with Crippen molar-refractivity contribution in [1.82, 2.24) is 29.1 Å². The van der Waals surface area contributed by atoms with E-state index in [0.717, 1.165) is 0 Å². The average Bonchev–Trinajstić information content (AvgIpc) is 4.12. The van der Waals surface area contributed by atoms with E-state index in [-0.39, 0.29) is 7.12 Å². The molecule has 1 radical (unpaired) electrons. The van der Waals surface area contributed by atoms with E-state index in [1.807, 2.05) is 54.1 Å². The van der Waals surface area contributed by atoms with Gasteiger partial charge in [-0.3, -0.25) is 0 Å². The monoisotopic (exact) mass is 873 g/mol. The first-order chi connectivity index (χ1) is 27.8. The van der Waals surface area contributed by atoms with Crippen LogP contribution in [0.4, 0.5) is 0 Å². The maximum atomic E-state index is 4.57. The normalized spacial score (nSPS) is 10.4. The Morgan fingerprint density at radius 3 is 0.679 bits per heavy atom. The molecule has 3 heterocycles. The molecule has 0 amide bonds. The summed E-state index contributed by atoms with van der Waals surface area (Å²) in [5, 5.41) is 21.1. The van der Waals surface area contributed by atoms with Gasteiger partial charge in [0, 0.05) is 18.6 Å². The molecule has 6 nitrogen and oxygen atoms in total. The molecule has 0 aliphatic heterocycles. The van der Waals surface area contributed by atoms with E-state index in [2.05, 4.69) is 207 Å². The molecule has 0 aliphatic rings. The third-order valence-corrected chi connectivity index (χ3v) is 13.3. The molecule has 0 saturated carbocycles. The van der Waals surface area contributed by atoms with Gasteiger partial charge in [-0.15, -0.1) is 0 Å². The molecule has 6 aromatic carbocycles. The van der Waals surface area contributed by atoms with Gasteiger partial charge in [-0.2, -0.15) is 0 Å². The van der Waals surface area contributed by atoms with Crippen molar-refractivity contribution in [3.63, 3.8) is 0 Å². The van der Waals surface area contributed by atoms with Crippen molar-refractivity contribution >= 4 is 64.5 Å². The largest absolute Gasteiger partial charge is 0.425 e. The van der Waals surface area contributed by atoms with Gasteiger partial charge in [-0.05, 0) is 84.5 Å².